The number of likely N-dealkylation sites (tertiary alicyclic amines) is 1. The molecule has 2 aromatic carbocycles. The van der Waals surface area contributed by atoms with Crippen molar-refractivity contribution in [2.45, 2.75) is 19.9 Å². The van der Waals surface area contributed by atoms with E-state index >= 15 is 0 Å². The summed E-state index contributed by atoms with van der Waals surface area (Å²) in [7, 11) is 0. The van der Waals surface area contributed by atoms with Gasteiger partial charge in [-0.05, 0) is 30.2 Å². The standard InChI is InChI=1S/C19H19ClN2O2/c1-13-7-8-16(10-17(13)20)21-19(24)15-9-18(23)22(12-15)11-14-5-3-2-4-6-14/h2-8,10,15H,9,11-12H2,1H3,(H,21,24). The molecular formula is C19H19ClN2O2. The van der Waals surface area contributed by atoms with Gasteiger partial charge in [-0.25, -0.2) is 0 Å². The summed E-state index contributed by atoms with van der Waals surface area (Å²) in [5.41, 5.74) is 2.68. The average molecular weight is 343 g/mol. The lowest BCUT2D eigenvalue weighted by atomic mass is 10.1. The topological polar surface area (TPSA) is 49.4 Å². The van der Waals surface area contributed by atoms with Crippen molar-refractivity contribution in [1.82, 2.24) is 4.90 Å². The van der Waals surface area contributed by atoms with Gasteiger partial charge in [0.15, 0.2) is 0 Å². The maximum absolute atomic E-state index is 12.4. The normalized spacial score (nSPS) is 17.2. The highest BCUT2D eigenvalue weighted by molar-refractivity contribution is 6.31. The SMILES string of the molecule is Cc1ccc(NC(=O)C2CC(=O)N(Cc3ccccc3)C2)cc1Cl. The van der Waals surface area contributed by atoms with E-state index in [2.05, 4.69) is 5.32 Å². The van der Waals surface area contributed by atoms with Crippen molar-refractivity contribution in [3.8, 4) is 0 Å². The molecule has 0 saturated carbocycles. The molecule has 1 aliphatic rings. The highest BCUT2D eigenvalue weighted by Crippen LogP contribution is 2.24. The summed E-state index contributed by atoms with van der Waals surface area (Å²) in [5, 5.41) is 3.47. The minimum atomic E-state index is -0.332. The number of rotatable bonds is 4. The summed E-state index contributed by atoms with van der Waals surface area (Å²) in [6, 6.07) is 15.2. The first kappa shape index (κ1) is 16.5. The van der Waals surface area contributed by atoms with E-state index in [-0.39, 0.29) is 24.2 Å². The molecule has 2 amide bonds. The number of benzene rings is 2. The van der Waals surface area contributed by atoms with E-state index in [9.17, 15) is 9.59 Å². The second-order valence-electron chi connectivity index (χ2n) is 6.11. The smallest absolute Gasteiger partial charge is 0.229 e. The molecule has 0 aromatic heterocycles. The highest BCUT2D eigenvalue weighted by Gasteiger charge is 2.34. The minimum absolute atomic E-state index is 0.0148. The Morgan fingerprint density at radius 3 is 2.71 bits per heavy atom. The number of amides is 2. The first-order valence-electron chi connectivity index (χ1n) is 7.91. The molecule has 0 radical (unpaired) electrons. The summed E-state index contributed by atoms with van der Waals surface area (Å²) in [4.78, 5) is 26.3. The lowest BCUT2D eigenvalue weighted by Crippen LogP contribution is -2.28. The first-order valence-corrected chi connectivity index (χ1v) is 8.29. The summed E-state index contributed by atoms with van der Waals surface area (Å²) in [6.07, 6.45) is 0.248. The predicted octanol–water partition coefficient (Wildman–Crippen LogP) is 3.64. The van der Waals surface area contributed by atoms with E-state index in [0.29, 0.717) is 23.8 Å². The molecule has 0 spiro atoms. The van der Waals surface area contributed by atoms with Gasteiger partial charge in [0.1, 0.15) is 0 Å². The quantitative estimate of drug-likeness (QED) is 0.922. The fourth-order valence-corrected chi connectivity index (χ4v) is 3.00. The second-order valence-corrected chi connectivity index (χ2v) is 6.52. The van der Waals surface area contributed by atoms with Crippen molar-refractivity contribution < 1.29 is 9.59 Å². The molecule has 0 aliphatic carbocycles. The van der Waals surface area contributed by atoms with Crippen LogP contribution in [0.1, 0.15) is 17.5 Å². The van der Waals surface area contributed by atoms with Crippen LogP contribution in [-0.4, -0.2) is 23.3 Å². The van der Waals surface area contributed by atoms with Crippen LogP contribution in [-0.2, 0) is 16.1 Å². The minimum Gasteiger partial charge on any atom is -0.338 e. The zero-order valence-corrected chi connectivity index (χ0v) is 14.2. The van der Waals surface area contributed by atoms with Gasteiger partial charge in [0.05, 0.1) is 5.92 Å². The Hall–Kier alpha value is -2.33. The molecule has 1 fully saturated rings. The van der Waals surface area contributed by atoms with E-state index in [1.165, 1.54) is 0 Å². The molecule has 1 heterocycles. The fourth-order valence-electron chi connectivity index (χ4n) is 2.82. The molecule has 1 atom stereocenters. The van der Waals surface area contributed by atoms with Crippen LogP contribution >= 0.6 is 11.6 Å². The van der Waals surface area contributed by atoms with Crippen LogP contribution in [0, 0.1) is 12.8 Å². The monoisotopic (exact) mass is 342 g/mol. The lowest BCUT2D eigenvalue weighted by Gasteiger charge is -2.16. The number of hydrogen-bond donors (Lipinski definition) is 1. The van der Waals surface area contributed by atoms with Crippen molar-refractivity contribution in [2.24, 2.45) is 5.92 Å². The Balaban J connectivity index is 1.62. The third-order valence-electron chi connectivity index (χ3n) is 4.24. The molecule has 0 bridgehead atoms. The summed E-state index contributed by atoms with van der Waals surface area (Å²) in [6.45, 7) is 2.89. The predicted molar refractivity (Wildman–Crippen MR) is 94.8 cm³/mol. The summed E-state index contributed by atoms with van der Waals surface area (Å²) < 4.78 is 0. The largest absolute Gasteiger partial charge is 0.338 e. The van der Waals surface area contributed by atoms with Crippen molar-refractivity contribution in [2.75, 3.05) is 11.9 Å². The molecule has 124 valence electrons. The van der Waals surface area contributed by atoms with Crippen LogP contribution in [0.2, 0.25) is 5.02 Å². The zero-order valence-electron chi connectivity index (χ0n) is 13.5. The van der Waals surface area contributed by atoms with Gasteiger partial charge >= 0.3 is 0 Å². The third-order valence-corrected chi connectivity index (χ3v) is 4.65. The van der Waals surface area contributed by atoms with Crippen LogP contribution in [0.3, 0.4) is 0 Å². The molecule has 2 aromatic rings. The van der Waals surface area contributed by atoms with E-state index in [1.54, 1.807) is 11.0 Å². The Labute approximate surface area is 146 Å². The van der Waals surface area contributed by atoms with Gasteiger partial charge in [0.25, 0.3) is 0 Å². The number of carbonyl (C=O) groups excluding carboxylic acids is 2. The summed E-state index contributed by atoms with van der Waals surface area (Å²) in [5.74, 6) is -0.457. The van der Waals surface area contributed by atoms with Crippen molar-refractivity contribution in [3.05, 3.63) is 64.7 Å². The van der Waals surface area contributed by atoms with Crippen LogP contribution in [0.15, 0.2) is 48.5 Å². The molecule has 1 aliphatic heterocycles. The lowest BCUT2D eigenvalue weighted by molar-refractivity contribution is -0.128. The molecule has 3 rings (SSSR count). The number of nitrogens with zero attached hydrogens (tertiary/aromatic N) is 1. The Kier molecular flexibility index (Phi) is 4.86. The van der Waals surface area contributed by atoms with E-state index in [4.69, 9.17) is 11.6 Å². The molecule has 1 unspecified atom stereocenters. The van der Waals surface area contributed by atoms with E-state index in [1.807, 2.05) is 49.4 Å². The second kappa shape index (κ2) is 7.05. The number of hydrogen-bond acceptors (Lipinski definition) is 2. The maximum atomic E-state index is 12.4. The number of carbonyl (C=O) groups is 2. The van der Waals surface area contributed by atoms with Gasteiger partial charge in [-0.1, -0.05) is 48.0 Å². The average Bonchev–Trinajstić information content (AvgIpc) is 2.93. The van der Waals surface area contributed by atoms with Crippen LogP contribution in [0.5, 0.6) is 0 Å². The molecule has 4 nitrogen and oxygen atoms in total. The zero-order chi connectivity index (χ0) is 17.1. The Bertz CT molecular complexity index is 761. The van der Waals surface area contributed by atoms with Crippen molar-refractivity contribution in [1.29, 1.82) is 0 Å². The Morgan fingerprint density at radius 1 is 1.25 bits per heavy atom. The fraction of sp³-hybridized carbons (Fsp3) is 0.263. The number of halogens is 1. The first-order chi connectivity index (χ1) is 11.5. The summed E-state index contributed by atoms with van der Waals surface area (Å²) >= 11 is 6.08. The van der Waals surface area contributed by atoms with Gasteiger partial charge < -0.3 is 10.2 Å². The van der Waals surface area contributed by atoms with Gasteiger partial charge in [-0.3, -0.25) is 9.59 Å². The van der Waals surface area contributed by atoms with Crippen LogP contribution in [0.25, 0.3) is 0 Å². The molecule has 1 N–H and O–H groups in total. The van der Waals surface area contributed by atoms with E-state index < -0.39 is 0 Å². The molecular weight excluding hydrogens is 324 g/mol. The molecule has 5 heteroatoms. The Morgan fingerprint density at radius 2 is 2.00 bits per heavy atom. The van der Waals surface area contributed by atoms with E-state index in [0.717, 1.165) is 11.1 Å². The molecule has 24 heavy (non-hydrogen) atoms. The van der Waals surface area contributed by atoms with Gasteiger partial charge in [-0.2, -0.15) is 0 Å². The number of nitrogens with one attached hydrogen (secondary N) is 1. The third kappa shape index (κ3) is 3.77. The van der Waals surface area contributed by atoms with Gasteiger partial charge in [-0.15, -0.1) is 0 Å². The maximum Gasteiger partial charge on any atom is 0.229 e. The highest BCUT2D eigenvalue weighted by atomic mass is 35.5. The van der Waals surface area contributed by atoms with Crippen molar-refractivity contribution >= 4 is 29.1 Å². The van der Waals surface area contributed by atoms with Crippen LogP contribution < -0.4 is 5.32 Å². The van der Waals surface area contributed by atoms with Gasteiger partial charge in [0.2, 0.25) is 11.8 Å². The number of aryl methyl sites for hydroxylation is 1. The molecule has 1 saturated heterocycles. The number of anilines is 1. The van der Waals surface area contributed by atoms with Crippen molar-refractivity contribution in [3.63, 3.8) is 0 Å². The van der Waals surface area contributed by atoms with Gasteiger partial charge in [0, 0.05) is 30.2 Å². The van der Waals surface area contributed by atoms with Crippen LogP contribution in [0.4, 0.5) is 5.69 Å².